The van der Waals surface area contributed by atoms with Crippen molar-refractivity contribution in [2.75, 3.05) is 31.6 Å². The lowest BCUT2D eigenvalue weighted by Gasteiger charge is -2.33. The first kappa shape index (κ1) is 12.8. The van der Waals surface area contributed by atoms with Crippen molar-refractivity contribution in [3.63, 3.8) is 0 Å². The number of hydrogen-bond donors (Lipinski definition) is 1. The molecule has 1 N–H and O–H groups in total. The molecular weight excluding hydrogens is 232 g/mol. The zero-order valence-corrected chi connectivity index (χ0v) is 10.5. The van der Waals surface area contributed by atoms with Gasteiger partial charge in [-0.2, -0.15) is 0 Å². The van der Waals surface area contributed by atoms with Gasteiger partial charge in [0.1, 0.15) is 11.9 Å². The molecule has 1 aliphatic heterocycles. The molecule has 1 saturated heterocycles. The van der Waals surface area contributed by atoms with Crippen LogP contribution in [0.3, 0.4) is 0 Å². The van der Waals surface area contributed by atoms with E-state index >= 15 is 0 Å². The summed E-state index contributed by atoms with van der Waals surface area (Å²) >= 11 is 0. The fourth-order valence-electron chi connectivity index (χ4n) is 2.45. The average molecular weight is 250 g/mol. The first-order valence-electron chi connectivity index (χ1n) is 6.20. The van der Waals surface area contributed by atoms with Gasteiger partial charge in [-0.3, -0.25) is 15.1 Å². The third kappa shape index (κ3) is 2.76. The van der Waals surface area contributed by atoms with Gasteiger partial charge in [-0.05, 0) is 38.4 Å². The van der Waals surface area contributed by atoms with Gasteiger partial charge in [0.2, 0.25) is 0 Å². The summed E-state index contributed by atoms with van der Waals surface area (Å²) in [7, 11) is 1.96. The number of rotatable bonds is 4. The Bertz CT molecular complexity index is 416. The second kappa shape index (κ2) is 5.77. The van der Waals surface area contributed by atoms with Crippen molar-refractivity contribution in [3.05, 3.63) is 28.6 Å². The predicted molar refractivity (Wildman–Crippen MR) is 69.8 cm³/mol. The molecule has 1 aliphatic rings. The van der Waals surface area contributed by atoms with Crippen LogP contribution in [0.1, 0.15) is 12.8 Å². The summed E-state index contributed by atoms with van der Waals surface area (Å²) in [6.45, 7) is 2.76. The molecule has 0 saturated carbocycles. The second-order valence-electron chi connectivity index (χ2n) is 4.61. The number of aromatic nitrogens is 1. The molecule has 0 amide bonds. The molecule has 0 radical (unpaired) electrons. The monoisotopic (exact) mass is 250 g/mol. The third-order valence-corrected chi connectivity index (χ3v) is 3.42. The molecule has 0 aliphatic carbocycles. The normalized spacial score (nSPS) is 16.8. The highest BCUT2D eigenvalue weighted by molar-refractivity contribution is 5.61. The van der Waals surface area contributed by atoms with E-state index in [4.69, 9.17) is 0 Å². The summed E-state index contributed by atoms with van der Waals surface area (Å²) in [5.74, 6) is 0.673. The van der Waals surface area contributed by atoms with E-state index in [1.54, 1.807) is 12.3 Å². The Labute approximate surface area is 106 Å². The fraction of sp³-hybridized carbons (Fsp3) is 0.583. The van der Waals surface area contributed by atoms with Gasteiger partial charge < -0.3 is 10.2 Å². The Morgan fingerprint density at radius 3 is 2.89 bits per heavy atom. The topological polar surface area (TPSA) is 71.3 Å². The van der Waals surface area contributed by atoms with Crippen LogP contribution in [-0.4, -0.2) is 36.6 Å². The Hall–Kier alpha value is -1.69. The van der Waals surface area contributed by atoms with Crippen LogP contribution in [0, 0.1) is 16.0 Å². The molecule has 1 aromatic rings. The van der Waals surface area contributed by atoms with E-state index in [9.17, 15) is 10.1 Å². The van der Waals surface area contributed by atoms with E-state index in [-0.39, 0.29) is 10.6 Å². The molecule has 1 aromatic heterocycles. The number of nitrogens with zero attached hydrogens (tertiary/aromatic N) is 3. The van der Waals surface area contributed by atoms with Crippen molar-refractivity contribution >= 4 is 11.4 Å². The van der Waals surface area contributed by atoms with Crippen LogP contribution < -0.4 is 10.2 Å². The fourth-order valence-corrected chi connectivity index (χ4v) is 2.45. The van der Waals surface area contributed by atoms with Crippen LogP contribution in [0.5, 0.6) is 0 Å². The minimum atomic E-state index is -0.359. The molecule has 2 rings (SSSR count). The van der Waals surface area contributed by atoms with Crippen molar-refractivity contribution in [3.8, 4) is 0 Å². The standard InChI is InChI=1S/C12H18N4O2/c1-13-8-10-3-6-15(7-4-10)11-2-5-14-9-12(11)16(17)18/h2,5,9-10,13H,3-4,6-8H2,1H3. The number of pyridine rings is 1. The summed E-state index contributed by atoms with van der Waals surface area (Å²) in [4.78, 5) is 16.5. The number of anilines is 1. The lowest BCUT2D eigenvalue weighted by molar-refractivity contribution is -0.384. The molecule has 0 unspecified atom stereocenters. The maximum Gasteiger partial charge on any atom is 0.310 e. The minimum Gasteiger partial charge on any atom is -0.366 e. The maximum absolute atomic E-state index is 11.0. The molecule has 0 aromatic carbocycles. The smallest absolute Gasteiger partial charge is 0.310 e. The van der Waals surface area contributed by atoms with Gasteiger partial charge in [0.15, 0.2) is 0 Å². The maximum atomic E-state index is 11.0. The van der Waals surface area contributed by atoms with Gasteiger partial charge >= 0.3 is 5.69 Å². The van der Waals surface area contributed by atoms with Gasteiger partial charge in [0.05, 0.1) is 4.92 Å². The Kier molecular flexibility index (Phi) is 4.09. The van der Waals surface area contributed by atoms with Gasteiger partial charge in [0.25, 0.3) is 0 Å². The Morgan fingerprint density at radius 1 is 1.56 bits per heavy atom. The van der Waals surface area contributed by atoms with Crippen molar-refractivity contribution in [1.29, 1.82) is 0 Å². The number of nitrogens with one attached hydrogen (secondary N) is 1. The summed E-state index contributed by atoms with van der Waals surface area (Å²) < 4.78 is 0. The predicted octanol–water partition coefficient (Wildman–Crippen LogP) is 1.43. The van der Waals surface area contributed by atoms with Gasteiger partial charge in [-0.15, -0.1) is 0 Å². The number of hydrogen-bond acceptors (Lipinski definition) is 5. The SMILES string of the molecule is CNCC1CCN(c2ccncc2[N+](=O)[O-])CC1. The summed E-state index contributed by atoms with van der Waals surface area (Å²) in [5.41, 5.74) is 0.794. The molecule has 0 bridgehead atoms. The van der Waals surface area contributed by atoms with Crippen molar-refractivity contribution in [2.24, 2.45) is 5.92 Å². The molecule has 18 heavy (non-hydrogen) atoms. The molecule has 0 atom stereocenters. The first-order valence-corrected chi connectivity index (χ1v) is 6.20. The van der Waals surface area contributed by atoms with E-state index < -0.39 is 0 Å². The molecule has 98 valence electrons. The first-order chi connectivity index (χ1) is 8.72. The zero-order valence-electron chi connectivity index (χ0n) is 10.5. The Morgan fingerprint density at radius 2 is 2.28 bits per heavy atom. The zero-order chi connectivity index (χ0) is 13.0. The molecule has 0 spiro atoms. The highest BCUT2D eigenvalue weighted by Gasteiger charge is 2.24. The third-order valence-electron chi connectivity index (χ3n) is 3.42. The molecule has 1 fully saturated rings. The molecule has 6 nitrogen and oxygen atoms in total. The average Bonchev–Trinajstić information content (AvgIpc) is 2.40. The summed E-state index contributed by atoms with van der Waals surface area (Å²) in [5, 5.41) is 14.1. The minimum absolute atomic E-state index is 0.101. The van der Waals surface area contributed by atoms with Gasteiger partial charge in [0, 0.05) is 19.3 Å². The summed E-state index contributed by atoms with van der Waals surface area (Å²) in [6, 6.07) is 1.73. The van der Waals surface area contributed by atoms with Crippen LogP contribution in [0.15, 0.2) is 18.5 Å². The van der Waals surface area contributed by atoms with Crippen LogP contribution in [0.25, 0.3) is 0 Å². The quantitative estimate of drug-likeness (QED) is 0.646. The molecular formula is C12H18N4O2. The van der Waals surface area contributed by atoms with E-state index in [1.165, 1.54) is 6.20 Å². The highest BCUT2D eigenvalue weighted by Crippen LogP contribution is 2.30. The Balaban J connectivity index is 2.07. The molecule has 6 heteroatoms. The van der Waals surface area contributed by atoms with Crippen LogP contribution >= 0.6 is 0 Å². The van der Waals surface area contributed by atoms with Gasteiger partial charge in [-0.25, -0.2) is 0 Å². The largest absolute Gasteiger partial charge is 0.366 e. The van der Waals surface area contributed by atoms with Gasteiger partial charge in [-0.1, -0.05) is 0 Å². The van der Waals surface area contributed by atoms with Crippen molar-refractivity contribution in [2.45, 2.75) is 12.8 Å². The molecule has 2 heterocycles. The van der Waals surface area contributed by atoms with Crippen LogP contribution in [0.2, 0.25) is 0 Å². The van der Waals surface area contributed by atoms with E-state index in [1.807, 2.05) is 7.05 Å². The second-order valence-corrected chi connectivity index (χ2v) is 4.61. The van der Waals surface area contributed by atoms with E-state index in [0.717, 1.165) is 32.5 Å². The van der Waals surface area contributed by atoms with E-state index in [0.29, 0.717) is 11.6 Å². The number of nitro groups is 1. The lowest BCUT2D eigenvalue weighted by atomic mass is 9.96. The van der Waals surface area contributed by atoms with Crippen molar-refractivity contribution < 1.29 is 4.92 Å². The number of piperidine rings is 1. The lowest BCUT2D eigenvalue weighted by Crippen LogP contribution is -2.37. The van der Waals surface area contributed by atoms with Crippen LogP contribution in [-0.2, 0) is 0 Å². The van der Waals surface area contributed by atoms with E-state index in [2.05, 4.69) is 15.2 Å². The van der Waals surface area contributed by atoms with Crippen molar-refractivity contribution in [1.82, 2.24) is 10.3 Å². The summed E-state index contributed by atoms with van der Waals surface area (Å²) in [6.07, 6.45) is 5.08. The highest BCUT2D eigenvalue weighted by atomic mass is 16.6. The van der Waals surface area contributed by atoms with Crippen LogP contribution in [0.4, 0.5) is 11.4 Å².